The van der Waals surface area contributed by atoms with Gasteiger partial charge in [0.15, 0.2) is 0 Å². The quantitative estimate of drug-likeness (QED) is 0.483. The predicted molar refractivity (Wildman–Crippen MR) is 40.9 cm³/mol. The van der Waals surface area contributed by atoms with E-state index in [-0.39, 0.29) is 12.5 Å². The maximum Gasteiger partial charge on any atom is 0.322 e. The third-order valence-corrected chi connectivity index (χ3v) is 0.781. The highest BCUT2D eigenvalue weighted by atomic mass is 16.6. The Morgan fingerprint density at radius 2 is 2.00 bits per heavy atom. The van der Waals surface area contributed by atoms with E-state index in [2.05, 4.69) is 10.3 Å². The van der Waals surface area contributed by atoms with Crippen LogP contribution in [0.25, 0.3) is 0 Å². The van der Waals surface area contributed by atoms with Crippen molar-refractivity contribution in [2.75, 3.05) is 13.7 Å². The first kappa shape index (κ1) is 10.4. The Kier molecular flexibility index (Phi) is 4.07. The van der Waals surface area contributed by atoms with Crippen LogP contribution in [0.15, 0.2) is 0 Å². The molecule has 0 heterocycles. The maximum absolute atomic E-state index is 10.9. The zero-order chi connectivity index (χ0) is 8.91. The van der Waals surface area contributed by atoms with Crippen LogP contribution in [0.4, 0.5) is 0 Å². The van der Waals surface area contributed by atoms with E-state index < -0.39 is 5.60 Å². The first-order valence-electron chi connectivity index (χ1n) is 3.43. The molecular weight excluding hydrogens is 146 g/mol. The number of hydrogen-bond donors (Lipinski definition) is 1. The second kappa shape index (κ2) is 4.31. The summed E-state index contributed by atoms with van der Waals surface area (Å²) in [5.74, 6) is -0.320. The van der Waals surface area contributed by atoms with E-state index in [1.165, 1.54) is 7.11 Å². The van der Waals surface area contributed by atoms with Gasteiger partial charge in [0.25, 0.3) is 0 Å². The molecule has 0 saturated heterocycles. The highest BCUT2D eigenvalue weighted by Crippen LogP contribution is 2.05. The van der Waals surface area contributed by atoms with Crippen LogP contribution in [0.3, 0.4) is 0 Å². The molecule has 0 spiro atoms. The zero-order valence-corrected chi connectivity index (χ0v) is 7.43. The minimum Gasteiger partial charge on any atom is -0.459 e. The number of carbonyl (C=O) groups excluding carboxylic acids is 1. The molecule has 0 atom stereocenters. The minimum atomic E-state index is -0.424. The molecule has 0 fully saturated rings. The van der Waals surface area contributed by atoms with E-state index >= 15 is 0 Å². The molecule has 0 radical (unpaired) electrons. The van der Waals surface area contributed by atoms with Gasteiger partial charge in [0.05, 0.1) is 7.11 Å². The van der Waals surface area contributed by atoms with Crippen LogP contribution in [-0.4, -0.2) is 25.2 Å². The van der Waals surface area contributed by atoms with Crippen LogP contribution in [0.5, 0.6) is 0 Å². The fraction of sp³-hybridized carbons (Fsp3) is 0.857. The van der Waals surface area contributed by atoms with E-state index in [1.54, 1.807) is 0 Å². The van der Waals surface area contributed by atoms with Crippen molar-refractivity contribution in [3.05, 3.63) is 0 Å². The molecule has 0 aromatic heterocycles. The topological polar surface area (TPSA) is 47.6 Å². The highest BCUT2D eigenvalue weighted by molar-refractivity contribution is 5.71. The van der Waals surface area contributed by atoms with Crippen LogP contribution in [0.1, 0.15) is 20.8 Å². The van der Waals surface area contributed by atoms with Crippen molar-refractivity contribution < 1.29 is 14.4 Å². The van der Waals surface area contributed by atoms with Crippen molar-refractivity contribution in [1.29, 1.82) is 0 Å². The first-order chi connectivity index (χ1) is 4.95. The Bertz CT molecular complexity index is 128. The number of nitrogens with one attached hydrogen (secondary N) is 1. The van der Waals surface area contributed by atoms with E-state index in [4.69, 9.17) is 4.74 Å². The van der Waals surface area contributed by atoms with Crippen molar-refractivity contribution >= 4 is 5.97 Å². The molecule has 0 saturated carbocycles. The van der Waals surface area contributed by atoms with Crippen molar-refractivity contribution in [2.24, 2.45) is 0 Å². The van der Waals surface area contributed by atoms with E-state index in [9.17, 15) is 4.79 Å². The van der Waals surface area contributed by atoms with Gasteiger partial charge in [0, 0.05) is 0 Å². The van der Waals surface area contributed by atoms with Gasteiger partial charge in [-0.2, -0.15) is 5.48 Å². The molecular formula is C7H15NO3. The third-order valence-electron chi connectivity index (χ3n) is 0.781. The standard InChI is InChI=1S/C7H15NO3/c1-7(2,3)11-6(9)5-8-10-4/h8H,5H2,1-4H3. The molecule has 1 N–H and O–H groups in total. The Morgan fingerprint density at radius 1 is 1.45 bits per heavy atom. The molecule has 4 nitrogen and oxygen atoms in total. The van der Waals surface area contributed by atoms with Crippen LogP contribution in [0.2, 0.25) is 0 Å². The van der Waals surface area contributed by atoms with Crippen LogP contribution in [0, 0.1) is 0 Å². The fourth-order valence-corrected chi connectivity index (χ4v) is 0.509. The number of carbonyl (C=O) groups is 1. The second-order valence-corrected chi connectivity index (χ2v) is 3.11. The van der Waals surface area contributed by atoms with Gasteiger partial charge in [-0.3, -0.25) is 4.79 Å². The average Bonchev–Trinajstić information content (AvgIpc) is 1.79. The van der Waals surface area contributed by atoms with Crippen molar-refractivity contribution in [2.45, 2.75) is 26.4 Å². The molecule has 11 heavy (non-hydrogen) atoms. The molecule has 0 unspecified atom stereocenters. The van der Waals surface area contributed by atoms with Gasteiger partial charge < -0.3 is 9.57 Å². The minimum absolute atomic E-state index is 0.0772. The summed E-state index contributed by atoms with van der Waals surface area (Å²) in [6.07, 6.45) is 0. The molecule has 0 amide bonds. The molecule has 0 aliphatic carbocycles. The van der Waals surface area contributed by atoms with Crippen LogP contribution >= 0.6 is 0 Å². The largest absolute Gasteiger partial charge is 0.459 e. The number of hydrogen-bond acceptors (Lipinski definition) is 4. The lowest BCUT2D eigenvalue weighted by molar-refractivity contribution is -0.155. The summed E-state index contributed by atoms with van der Waals surface area (Å²) in [5, 5.41) is 0. The summed E-state index contributed by atoms with van der Waals surface area (Å²) in [5.41, 5.74) is 1.97. The smallest absolute Gasteiger partial charge is 0.322 e. The first-order valence-corrected chi connectivity index (χ1v) is 3.43. The van der Waals surface area contributed by atoms with Crippen molar-refractivity contribution in [3.8, 4) is 0 Å². The number of rotatable bonds is 3. The monoisotopic (exact) mass is 161 g/mol. The molecule has 4 heteroatoms. The lowest BCUT2D eigenvalue weighted by atomic mass is 10.2. The Morgan fingerprint density at radius 3 is 2.36 bits per heavy atom. The molecule has 0 bridgehead atoms. The molecule has 0 rings (SSSR count). The summed E-state index contributed by atoms with van der Waals surface area (Å²) in [6.45, 7) is 5.53. The lowest BCUT2D eigenvalue weighted by Gasteiger charge is -2.19. The Hall–Kier alpha value is -0.610. The Labute approximate surface area is 66.8 Å². The molecule has 0 aromatic rings. The summed E-state index contributed by atoms with van der Waals surface area (Å²) in [7, 11) is 1.45. The van der Waals surface area contributed by atoms with E-state index in [1.807, 2.05) is 20.8 Å². The van der Waals surface area contributed by atoms with Gasteiger partial charge in [-0.05, 0) is 20.8 Å². The predicted octanol–water partition coefficient (Wildman–Crippen LogP) is 0.479. The van der Waals surface area contributed by atoms with Gasteiger partial charge >= 0.3 is 5.97 Å². The Balaban J connectivity index is 3.53. The molecule has 0 aromatic carbocycles. The summed E-state index contributed by atoms with van der Waals surface area (Å²) in [4.78, 5) is 15.3. The number of hydroxylamine groups is 1. The highest BCUT2D eigenvalue weighted by Gasteiger charge is 2.15. The average molecular weight is 161 g/mol. The summed E-state index contributed by atoms with van der Waals surface area (Å²) < 4.78 is 4.96. The van der Waals surface area contributed by atoms with Gasteiger partial charge in [-0.15, -0.1) is 0 Å². The number of esters is 1. The zero-order valence-electron chi connectivity index (χ0n) is 7.43. The SMILES string of the molecule is CONCC(=O)OC(C)(C)C. The fourth-order valence-electron chi connectivity index (χ4n) is 0.509. The molecule has 0 aliphatic rings. The summed E-state index contributed by atoms with van der Waals surface area (Å²) >= 11 is 0. The normalized spacial score (nSPS) is 11.3. The molecule has 0 aliphatic heterocycles. The van der Waals surface area contributed by atoms with Crippen molar-refractivity contribution in [3.63, 3.8) is 0 Å². The van der Waals surface area contributed by atoms with Crippen LogP contribution < -0.4 is 5.48 Å². The third kappa shape index (κ3) is 7.29. The number of ether oxygens (including phenoxy) is 1. The summed E-state index contributed by atoms with van der Waals surface area (Å²) in [6, 6.07) is 0. The van der Waals surface area contributed by atoms with E-state index in [0.29, 0.717) is 0 Å². The van der Waals surface area contributed by atoms with Gasteiger partial charge in [-0.25, -0.2) is 0 Å². The van der Waals surface area contributed by atoms with Gasteiger partial charge in [-0.1, -0.05) is 0 Å². The lowest BCUT2D eigenvalue weighted by Crippen LogP contribution is -2.30. The van der Waals surface area contributed by atoms with Gasteiger partial charge in [0.1, 0.15) is 12.1 Å². The second-order valence-electron chi connectivity index (χ2n) is 3.11. The van der Waals surface area contributed by atoms with E-state index in [0.717, 1.165) is 0 Å². The van der Waals surface area contributed by atoms with Crippen molar-refractivity contribution in [1.82, 2.24) is 5.48 Å². The van der Waals surface area contributed by atoms with Crippen LogP contribution in [-0.2, 0) is 14.4 Å². The maximum atomic E-state index is 10.9. The molecule has 66 valence electrons. The van der Waals surface area contributed by atoms with Gasteiger partial charge in [0.2, 0.25) is 0 Å².